The summed E-state index contributed by atoms with van der Waals surface area (Å²) in [5, 5.41) is 10.8. The number of pyridine rings is 1. The molecule has 3 aromatic rings. The molecule has 0 unspecified atom stereocenters. The van der Waals surface area contributed by atoms with E-state index >= 15 is 0 Å². The number of hydrogen-bond acceptors (Lipinski definition) is 6. The van der Waals surface area contributed by atoms with Gasteiger partial charge in [0.05, 0.1) is 35.2 Å². The Morgan fingerprint density at radius 3 is 2.58 bits per heavy atom. The van der Waals surface area contributed by atoms with Crippen LogP contribution in [0.3, 0.4) is 0 Å². The van der Waals surface area contributed by atoms with Crippen LogP contribution in [0.1, 0.15) is 32.8 Å². The number of anilines is 1. The molecule has 7 heteroatoms. The number of nitrogens with zero attached hydrogens (tertiary/aromatic N) is 3. The van der Waals surface area contributed by atoms with Gasteiger partial charge in [0.25, 0.3) is 6.01 Å². The molecule has 2 aromatic heterocycles. The van der Waals surface area contributed by atoms with Crippen molar-refractivity contribution in [2.45, 2.75) is 39.7 Å². The summed E-state index contributed by atoms with van der Waals surface area (Å²) in [6.45, 7) is 8.33. The van der Waals surface area contributed by atoms with Crippen molar-refractivity contribution in [1.82, 2.24) is 14.5 Å². The van der Waals surface area contributed by atoms with E-state index in [0.717, 1.165) is 22.0 Å². The molecule has 0 aliphatic rings. The highest BCUT2D eigenvalue weighted by Crippen LogP contribution is 2.37. The van der Waals surface area contributed by atoms with Crippen LogP contribution >= 0.6 is 0 Å². The van der Waals surface area contributed by atoms with Crippen LogP contribution in [0.5, 0.6) is 11.8 Å². The predicted octanol–water partition coefficient (Wildman–Crippen LogP) is 2.95. The topological polar surface area (TPSA) is 95.4 Å². The number of aliphatic hydroxyl groups is 1. The molecule has 0 saturated heterocycles. The van der Waals surface area contributed by atoms with Crippen molar-refractivity contribution in [3.63, 3.8) is 0 Å². The Balaban J connectivity index is 2.21. The Hall–Kier alpha value is -2.54. The maximum atomic E-state index is 9.93. The van der Waals surface area contributed by atoms with Crippen LogP contribution in [0, 0.1) is 6.92 Å². The number of aryl methyl sites for hydroxylation is 2. The zero-order valence-electron chi connectivity index (χ0n) is 16.0. The van der Waals surface area contributed by atoms with E-state index in [2.05, 4.69) is 9.97 Å². The normalized spacial score (nSPS) is 12.1. The Kier molecular flexibility index (Phi) is 4.66. The van der Waals surface area contributed by atoms with Gasteiger partial charge in [-0.25, -0.2) is 4.98 Å². The lowest BCUT2D eigenvalue weighted by atomic mass is 10.1. The van der Waals surface area contributed by atoms with Crippen LogP contribution in [0.2, 0.25) is 0 Å². The van der Waals surface area contributed by atoms with Gasteiger partial charge in [-0.05, 0) is 39.3 Å². The molecule has 0 aliphatic carbocycles. The number of nitrogens with two attached hydrogens (primary N) is 1. The van der Waals surface area contributed by atoms with Gasteiger partial charge in [0.15, 0.2) is 5.82 Å². The molecule has 0 fully saturated rings. The number of rotatable bonds is 6. The van der Waals surface area contributed by atoms with Crippen molar-refractivity contribution in [2.24, 2.45) is 7.05 Å². The minimum Gasteiger partial charge on any atom is -0.493 e. The first-order valence-corrected chi connectivity index (χ1v) is 8.76. The molecule has 0 bridgehead atoms. The van der Waals surface area contributed by atoms with Crippen LogP contribution in [0.15, 0.2) is 12.1 Å². The molecule has 1 aromatic carbocycles. The minimum absolute atomic E-state index is 0.366. The van der Waals surface area contributed by atoms with E-state index in [1.165, 1.54) is 0 Å². The first-order chi connectivity index (χ1) is 12.2. The number of ether oxygens (including phenoxy) is 2. The molecule has 3 N–H and O–H groups in total. The van der Waals surface area contributed by atoms with Crippen LogP contribution in [0.4, 0.5) is 5.82 Å². The van der Waals surface area contributed by atoms with Crippen LogP contribution in [-0.2, 0) is 7.05 Å². The third-order valence-electron chi connectivity index (χ3n) is 4.35. The number of aromatic nitrogens is 3. The molecule has 0 spiro atoms. The molecule has 26 heavy (non-hydrogen) atoms. The molecule has 140 valence electrons. The van der Waals surface area contributed by atoms with Crippen molar-refractivity contribution in [3.8, 4) is 11.8 Å². The van der Waals surface area contributed by atoms with Gasteiger partial charge in [-0.2, -0.15) is 4.98 Å². The van der Waals surface area contributed by atoms with E-state index in [1.807, 2.05) is 37.6 Å². The van der Waals surface area contributed by atoms with E-state index in [1.54, 1.807) is 13.8 Å². The maximum Gasteiger partial charge on any atom is 0.297 e. The van der Waals surface area contributed by atoms with Crippen molar-refractivity contribution in [2.75, 3.05) is 18.9 Å². The Morgan fingerprint density at radius 2 is 1.92 bits per heavy atom. The standard InChI is InChI=1S/C19H26N4O3/c1-6-25-18-22-15-16(23(18)5)13-12(26-10-9-19(3,4)24)8-7-11(2)14(13)21-17(15)20/h7-8,24H,6,9-10H2,1-5H3,(H2,20,21). The molecular formula is C19H26N4O3. The lowest BCUT2D eigenvalue weighted by Gasteiger charge is -2.18. The summed E-state index contributed by atoms with van der Waals surface area (Å²) in [5.74, 6) is 1.06. The predicted molar refractivity (Wildman–Crippen MR) is 103 cm³/mol. The third-order valence-corrected chi connectivity index (χ3v) is 4.35. The van der Waals surface area contributed by atoms with E-state index in [4.69, 9.17) is 15.2 Å². The second-order valence-corrected chi connectivity index (χ2v) is 7.10. The molecular weight excluding hydrogens is 332 g/mol. The van der Waals surface area contributed by atoms with Crippen LogP contribution in [0.25, 0.3) is 21.9 Å². The fraction of sp³-hybridized carbons (Fsp3) is 0.474. The molecule has 0 atom stereocenters. The lowest BCUT2D eigenvalue weighted by Crippen LogP contribution is -2.21. The summed E-state index contributed by atoms with van der Waals surface area (Å²) in [7, 11) is 1.89. The average molecular weight is 358 g/mol. The van der Waals surface area contributed by atoms with Crippen LogP contribution in [-0.4, -0.2) is 38.5 Å². The minimum atomic E-state index is -0.785. The van der Waals surface area contributed by atoms with Gasteiger partial charge in [-0.1, -0.05) is 6.07 Å². The van der Waals surface area contributed by atoms with Crippen molar-refractivity contribution < 1.29 is 14.6 Å². The highest BCUT2D eigenvalue weighted by molar-refractivity contribution is 6.10. The number of imidazole rings is 1. The fourth-order valence-corrected chi connectivity index (χ4v) is 2.96. The highest BCUT2D eigenvalue weighted by Gasteiger charge is 2.20. The zero-order valence-corrected chi connectivity index (χ0v) is 16.0. The molecule has 3 rings (SSSR count). The lowest BCUT2D eigenvalue weighted by molar-refractivity contribution is 0.0555. The third kappa shape index (κ3) is 3.26. The Labute approximate surface area is 152 Å². The summed E-state index contributed by atoms with van der Waals surface area (Å²) in [6.07, 6.45) is 0.517. The molecule has 0 aliphatic heterocycles. The Bertz CT molecular complexity index is 957. The summed E-state index contributed by atoms with van der Waals surface area (Å²) in [4.78, 5) is 9.05. The van der Waals surface area contributed by atoms with E-state index < -0.39 is 5.60 Å². The highest BCUT2D eigenvalue weighted by atomic mass is 16.5. The molecule has 0 saturated carbocycles. The molecule has 7 nitrogen and oxygen atoms in total. The van der Waals surface area contributed by atoms with Gasteiger partial charge in [0.1, 0.15) is 11.3 Å². The van der Waals surface area contributed by atoms with Gasteiger partial charge < -0.3 is 20.3 Å². The fourth-order valence-electron chi connectivity index (χ4n) is 2.96. The number of fused-ring (bicyclic) bond motifs is 3. The van der Waals surface area contributed by atoms with Crippen molar-refractivity contribution >= 4 is 27.8 Å². The first-order valence-electron chi connectivity index (χ1n) is 8.76. The van der Waals surface area contributed by atoms with Gasteiger partial charge in [0.2, 0.25) is 0 Å². The smallest absolute Gasteiger partial charge is 0.297 e. The zero-order chi connectivity index (χ0) is 19.1. The first kappa shape index (κ1) is 18.3. The number of hydrogen-bond donors (Lipinski definition) is 2. The SMILES string of the molecule is CCOc1nc2c(N)nc3c(C)ccc(OCCC(C)(C)O)c3c2n1C. The summed E-state index contributed by atoms with van der Waals surface area (Å²) in [5.41, 5.74) is 8.59. The van der Waals surface area contributed by atoms with E-state index in [0.29, 0.717) is 42.7 Å². The summed E-state index contributed by atoms with van der Waals surface area (Å²) in [6, 6.07) is 4.37. The number of benzene rings is 1. The summed E-state index contributed by atoms with van der Waals surface area (Å²) < 4.78 is 13.5. The van der Waals surface area contributed by atoms with E-state index in [-0.39, 0.29) is 0 Å². The van der Waals surface area contributed by atoms with Crippen LogP contribution < -0.4 is 15.2 Å². The van der Waals surface area contributed by atoms with Gasteiger partial charge in [-0.15, -0.1) is 0 Å². The second-order valence-electron chi connectivity index (χ2n) is 7.10. The monoisotopic (exact) mass is 358 g/mol. The van der Waals surface area contributed by atoms with Gasteiger partial charge >= 0.3 is 0 Å². The Morgan fingerprint density at radius 1 is 1.19 bits per heavy atom. The van der Waals surface area contributed by atoms with E-state index in [9.17, 15) is 5.11 Å². The molecule has 2 heterocycles. The van der Waals surface area contributed by atoms with Gasteiger partial charge in [0, 0.05) is 13.5 Å². The largest absolute Gasteiger partial charge is 0.493 e. The maximum absolute atomic E-state index is 9.93. The van der Waals surface area contributed by atoms with Crippen molar-refractivity contribution in [1.29, 1.82) is 0 Å². The molecule has 0 radical (unpaired) electrons. The van der Waals surface area contributed by atoms with Gasteiger partial charge in [-0.3, -0.25) is 4.57 Å². The number of nitrogen functional groups attached to an aromatic ring is 1. The average Bonchev–Trinajstić information content (AvgIpc) is 2.87. The molecule has 0 amide bonds. The quantitative estimate of drug-likeness (QED) is 0.703. The second kappa shape index (κ2) is 6.64. The summed E-state index contributed by atoms with van der Waals surface area (Å²) >= 11 is 0. The van der Waals surface area contributed by atoms with Crippen molar-refractivity contribution in [3.05, 3.63) is 17.7 Å².